The van der Waals surface area contributed by atoms with Crippen molar-refractivity contribution < 1.29 is 29.0 Å². The van der Waals surface area contributed by atoms with Crippen LogP contribution in [0.3, 0.4) is 0 Å². The SMILES string of the molecule is CC(=O)Oc1ccc2c(c1)CCC1C2CCC2(C)C(OC(C)=O)/C(=C/C(=O)O)CC12. The molecule has 2 saturated carbocycles. The van der Waals surface area contributed by atoms with Gasteiger partial charge in [0, 0.05) is 25.3 Å². The Hall–Kier alpha value is -2.63. The van der Waals surface area contributed by atoms with Crippen molar-refractivity contribution in [1.82, 2.24) is 0 Å². The van der Waals surface area contributed by atoms with Crippen molar-refractivity contribution in [3.8, 4) is 5.75 Å². The Balaban J connectivity index is 1.66. The Morgan fingerprint density at radius 3 is 2.60 bits per heavy atom. The third kappa shape index (κ3) is 3.53. The maximum atomic E-state index is 11.8. The van der Waals surface area contributed by atoms with Gasteiger partial charge in [0.1, 0.15) is 11.9 Å². The molecule has 1 aromatic rings. The van der Waals surface area contributed by atoms with E-state index in [-0.39, 0.29) is 23.3 Å². The van der Waals surface area contributed by atoms with Crippen LogP contribution in [0.2, 0.25) is 0 Å². The van der Waals surface area contributed by atoms with Gasteiger partial charge in [-0.05, 0) is 78.7 Å². The van der Waals surface area contributed by atoms with Crippen LogP contribution in [-0.4, -0.2) is 29.1 Å². The Bertz CT molecular complexity index is 932. The third-order valence-corrected chi connectivity index (χ3v) is 7.38. The summed E-state index contributed by atoms with van der Waals surface area (Å²) in [5, 5.41) is 9.34. The number of fused-ring (bicyclic) bond motifs is 5. The van der Waals surface area contributed by atoms with E-state index in [9.17, 15) is 19.5 Å². The van der Waals surface area contributed by atoms with Gasteiger partial charge in [0.25, 0.3) is 0 Å². The number of esters is 2. The molecule has 0 spiro atoms. The molecule has 0 saturated heterocycles. The van der Waals surface area contributed by atoms with Gasteiger partial charge >= 0.3 is 17.9 Å². The molecule has 3 aliphatic carbocycles. The fraction of sp³-hybridized carbons (Fsp3) is 0.542. The van der Waals surface area contributed by atoms with E-state index in [1.807, 2.05) is 12.1 Å². The minimum Gasteiger partial charge on any atom is -0.478 e. The van der Waals surface area contributed by atoms with Gasteiger partial charge in [-0.15, -0.1) is 0 Å². The minimum atomic E-state index is -0.993. The van der Waals surface area contributed by atoms with E-state index in [2.05, 4.69) is 13.0 Å². The fourth-order valence-electron chi connectivity index (χ4n) is 6.30. The molecule has 0 amide bonds. The molecule has 1 aromatic carbocycles. The average molecular weight is 412 g/mol. The van der Waals surface area contributed by atoms with E-state index in [0.29, 0.717) is 24.0 Å². The molecule has 4 rings (SSSR count). The first-order chi connectivity index (χ1) is 14.2. The molecule has 2 fully saturated rings. The average Bonchev–Trinajstić information content (AvgIpc) is 2.92. The Labute approximate surface area is 176 Å². The number of hydrogen-bond acceptors (Lipinski definition) is 5. The van der Waals surface area contributed by atoms with Crippen LogP contribution in [0.5, 0.6) is 5.75 Å². The van der Waals surface area contributed by atoms with E-state index >= 15 is 0 Å². The first-order valence-corrected chi connectivity index (χ1v) is 10.6. The summed E-state index contributed by atoms with van der Waals surface area (Å²) in [7, 11) is 0. The van der Waals surface area contributed by atoms with E-state index < -0.39 is 12.1 Å². The van der Waals surface area contributed by atoms with Crippen LogP contribution in [0.15, 0.2) is 29.8 Å². The van der Waals surface area contributed by atoms with Gasteiger partial charge in [-0.25, -0.2) is 4.79 Å². The monoisotopic (exact) mass is 412 g/mol. The molecule has 0 aliphatic heterocycles. The Morgan fingerprint density at radius 2 is 1.93 bits per heavy atom. The number of aliphatic carboxylic acids is 1. The summed E-state index contributed by atoms with van der Waals surface area (Å²) < 4.78 is 10.9. The predicted octanol–water partition coefficient (Wildman–Crippen LogP) is 4.02. The Morgan fingerprint density at radius 1 is 1.17 bits per heavy atom. The maximum absolute atomic E-state index is 11.8. The first-order valence-electron chi connectivity index (χ1n) is 10.6. The highest BCUT2D eigenvalue weighted by Gasteiger charge is 2.58. The molecule has 3 aliphatic rings. The molecule has 5 unspecified atom stereocenters. The van der Waals surface area contributed by atoms with Crippen LogP contribution in [-0.2, 0) is 25.5 Å². The quantitative estimate of drug-likeness (QED) is 0.458. The number of carboxylic acids is 1. The van der Waals surface area contributed by atoms with Crippen LogP contribution < -0.4 is 4.74 Å². The lowest BCUT2D eigenvalue weighted by molar-refractivity contribution is -0.152. The van der Waals surface area contributed by atoms with E-state index in [1.165, 1.54) is 31.1 Å². The maximum Gasteiger partial charge on any atom is 0.328 e. The van der Waals surface area contributed by atoms with Crippen molar-refractivity contribution in [2.75, 3.05) is 0 Å². The molecule has 0 bridgehead atoms. The summed E-state index contributed by atoms with van der Waals surface area (Å²) in [6.45, 7) is 4.95. The fourth-order valence-corrected chi connectivity index (χ4v) is 6.30. The highest BCUT2D eigenvalue weighted by molar-refractivity contribution is 5.81. The molecule has 30 heavy (non-hydrogen) atoms. The first kappa shape index (κ1) is 20.6. The van der Waals surface area contributed by atoms with Crippen LogP contribution in [0.4, 0.5) is 0 Å². The number of hydrogen-bond donors (Lipinski definition) is 1. The van der Waals surface area contributed by atoms with Gasteiger partial charge < -0.3 is 14.6 Å². The van der Waals surface area contributed by atoms with Crippen molar-refractivity contribution >= 4 is 17.9 Å². The lowest BCUT2D eigenvalue weighted by atomic mass is 9.55. The smallest absolute Gasteiger partial charge is 0.328 e. The normalized spacial score (nSPS) is 33.2. The summed E-state index contributed by atoms with van der Waals surface area (Å²) in [4.78, 5) is 34.4. The van der Waals surface area contributed by atoms with Crippen molar-refractivity contribution in [3.63, 3.8) is 0 Å². The minimum absolute atomic E-state index is 0.247. The molecule has 0 aromatic heterocycles. The van der Waals surface area contributed by atoms with Gasteiger partial charge in [-0.2, -0.15) is 0 Å². The van der Waals surface area contributed by atoms with Gasteiger partial charge in [-0.3, -0.25) is 9.59 Å². The summed E-state index contributed by atoms with van der Waals surface area (Å²) in [6, 6.07) is 5.93. The van der Waals surface area contributed by atoms with Crippen molar-refractivity contribution in [2.45, 2.75) is 64.9 Å². The number of benzene rings is 1. The standard InChI is InChI=1S/C24H28O6/c1-13(25)29-17-5-7-18-15(10-17)4-6-20-19(18)8-9-24(3)21(20)11-16(12-22(27)28)23(24)30-14(2)26/h5,7,10,12,19-21,23H,4,6,8-9,11H2,1-3H3,(H,27,28)/b16-12+. The lowest BCUT2D eigenvalue weighted by Gasteiger charge is -2.50. The predicted molar refractivity (Wildman–Crippen MR) is 109 cm³/mol. The molecule has 5 atom stereocenters. The molecule has 0 radical (unpaired) electrons. The number of aryl methyl sites for hydroxylation is 1. The highest BCUT2D eigenvalue weighted by Crippen LogP contribution is 2.63. The second-order valence-corrected chi connectivity index (χ2v) is 9.17. The number of ether oxygens (including phenoxy) is 2. The summed E-state index contributed by atoms with van der Waals surface area (Å²) >= 11 is 0. The number of carbonyl (C=O) groups excluding carboxylic acids is 2. The van der Waals surface area contributed by atoms with Gasteiger partial charge in [0.2, 0.25) is 0 Å². The molecule has 6 nitrogen and oxygen atoms in total. The van der Waals surface area contributed by atoms with Crippen molar-refractivity contribution in [2.24, 2.45) is 17.3 Å². The second kappa shape index (κ2) is 7.56. The summed E-state index contributed by atoms with van der Waals surface area (Å²) in [5.41, 5.74) is 3.02. The van der Waals surface area contributed by atoms with Gasteiger partial charge in [0.05, 0.1) is 0 Å². The van der Waals surface area contributed by atoms with E-state index in [4.69, 9.17) is 9.47 Å². The van der Waals surface area contributed by atoms with Gasteiger partial charge in [-0.1, -0.05) is 13.0 Å². The third-order valence-electron chi connectivity index (χ3n) is 7.38. The van der Waals surface area contributed by atoms with Crippen molar-refractivity contribution in [3.05, 3.63) is 41.0 Å². The topological polar surface area (TPSA) is 89.9 Å². The molecule has 160 valence electrons. The van der Waals surface area contributed by atoms with Gasteiger partial charge in [0.15, 0.2) is 0 Å². The Kier molecular flexibility index (Phi) is 5.20. The van der Waals surface area contributed by atoms with Crippen LogP contribution >= 0.6 is 0 Å². The number of carboxylic acid groups (broad SMARTS) is 1. The molecule has 6 heteroatoms. The zero-order valence-corrected chi connectivity index (χ0v) is 17.6. The molecular formula is C24H28O6. The second-order valence-electron chi connectivity index (χ2n) is 9.17. The van der Waals surface area contributed by atoms with Crippen molar-refractivity contribution in [1.29, 1.82) is 0 Å². The zero-order valence-electron chi connectivity index (χ0n) is 17.6. The number of carbonyl (C=O) groups is 3. The highest BCUT2D eigenvalue weighted by atomic mass is 16.5. The zero-order chi connectivity index (χ0) is 21.6. The summed E-state index contributed by atoms with van der Waals surface area (Å²) in [5.74, 6) is -0.0262. The van der Waals surface area contributed by atoms with E-state index in [0.717, 1.165) is 31.3 Å². The van der Waals surface area contributed by atoms with E-state index in [1.54, 1.807) is 0 Å². The lowest BCUT2D eigenvalue weighted by Crippen LogP contribution is -2.45. The van der Waals surface area contributed by atoms with Crippen LogP contribution in [0.25, 0.3) is 0 Å². The largest absolute Gasteiger partial charge is 0.478 e. The van der Waals surface area contributed by atoms with Crippen LogP contribution in [0.1, 0.15) is 63.5 Å². The summed E-state index contributed by atoms with van der Waals surface area (Å²) in [6.07, 6.45) is 5.17. The molecule has 1 N–H and O–H groups in total. The molecule has 0 heterocycles. The number of rotatable bonds is 3. The van der Waals surface area contributed by atoms with Crippen LogP contribution in [0, 0.1) is 17.3 Å². The molecular weight excluding hydrogens is 384 g/mol.